The second-order valence-electron chi connectivity index (χ2n) is 11.1. The number of hydrogen-bond acceptors (Lipinski definition) is 6. The molecule has 8 nitrogen and oxygen atoms in total. The minimum Gasteiger partial charge on any atom is -0.497 e. The molecule has 6 rings (SSSR count). The van der Waals surface area contributed by atoms with E-state index in [0.29, 0.717) is 44.2 Å². The number of benzene rings is 3. The van der Waals surface area contributed by atoms with Gasteiger partial charge in [-0.3, -0.25) is 9.69 Å². The van der Waals surface area contributed by atoms with Crippen LogP contribution in [0, 0.1) is 11.7 Å². The molecule has 2 fully saturated rings. The van der Waals surface area contributed by atoms with E-state index in [1.807, 2.05) is 53.4 Å². The molecule has 0 radical (unpaired) electrons. The van der Waals surface area contributed by atoms with E-state index in [-0.39, 0.29) is 17.6 Å². The van der Waals surface area contributed by atoms with Crippen LogP contribution >= 0.6 is 0 Å². The zero-order chi connectivity index (χ0) is 29.1. The van der Waals surface area contributed by atoms with Gasteiger partial charge in [0.15, 0.2) is 0 Å². The number of morpholine rings is 1. The first-order valence-corrected chi connectivity index (χ1v) is 14.7. The number of imidazole rings is 1. The molecule has 220 valence electrons. The third-order valence-electron chi connectivity index (χ3n) is 8.54. The summed E-state index contributed by atoms with van der Waals surface area (Å²) in [5.41, 5.74) is 4.21. The van der Waals surface area contributed by atoms with Gasteiger partial charge in [-0.15, -0.1) is 0 Å². The highest BCUT2D eigenvalue weighted by Crippen LogP contribution is 2.30. The summed E-state index contributed by atoms with van der Waals surface area (Å²) in [5.74, 6) is 1.36. The number of hydrogen-bond donors (Lipinski definition) is 0. The molecule has 1 aromatic heterocycles. The fourth-order valence-electron chi connectivity index (χ4n) is 6.03. The predicted octanol–water partition coefficient (Wildman–Crippen LogP) is 5.00. The number of nitrogens with zero attached hydrogens (tertiary/aromatic N) is 5. The molecule has 0 bridgehead atoms. The fraction of sp³-hybridized carbons (Fsp3) is 0.394. The van der Waals surface area contributed by atoms with E-state index < -0.39 is 0 Å². The molecule has 3 heterocycles. The summed E-state index contributed by atoms with van der Waals surface area (Å²) in [7, 11) is 3.69. The first kappa shape index (κ1) is 28.2. The highest BCUT2D eigenvalue weighted by molar-refractivity contribution is 5.95. The SMILES string of the molecule is COc1ccc(CN(C(=O)C2CCN(Cc3nc4ccccc4n3C)CC2)c2ccc(N3CCOCC3)c(F)c2)cc1. The molecule has 9 heteroatoms. The van der Waals surface area contributed by atoms with Crippen molar-refractivity contribution in [3.8, 4) is 5.75 Å². The quantitative estimate of drug-likeness (QED) is 0.297. The highest BCUT2D eigenvalue weighted by Gasteiger charge is 2.31. The molecule has 2 aliphatic heterocycles. The third-order valence-corrected chi connectivity index (χ3v) is 8.54. The van der Waals surface area contributed by atoms with Gasteiger partial charge in [0.2, 0.25) is 5.91 Å². The van der Waals surface area contributed by atoms with Crippen LogP contribution in [0.5, 0.6) is 5.75 Å². The van der Waals surface area contributed by atoms with E-state index in [4.69, 9.17) is 14.5 Å². The van der Waals surface area contributed by atoms with Crippen molar-refractivity contribution in [3.05, 3.63) is 83.9 Å². The van der Waals surface area contributed by atoms with Crippen LogP contribution in [-0.4, -0.2) is 66.9 Å². The zero-order valence-electron chi connectivity index (χ0n) is 24.3. The Labute approximate surface area is 246 Å². The summed E-state index contributed by atoms with van der Waals surface area (Å²) in [6.45, 7) is 5.18. The number of aromatic nitrogens is 2. The molecular weight excluding hydrogens is 533 g/mol. The number of anilines is 2. The first-order valence-electron chi connectivity index (χ1n) is 14.7. The van der Waals surface area contributed by atoms with Gasteiger partial charge < -0.3 is 23.8 Å². The van der Waals surface area contributed by atoms with Crippen LogP contribution < -0.4 is 14.5 Å². The van der Waals surface area contributed by atoms with E-state index in [1.165, 1.54) is 6.07 Å². The number of ether oxygens (including phenoxy) is 2. The number of para-hydroxylation sites is 2. The Kier molecular flexibility index (Phi) is 8.39. The summed E-state index contributed by atoms with van der Waals surface area (Å²) < 4.78 is 28.3. The van der Waals surface area contributed by atoms with Crippen molar-refractivity contribution in [2.24, 2.45) is 13.0 Å². The number of likely N-dealkylation sites (tertiary alicyclic amines) is 1. The molecule has 0 atom stereocenters. The van der Waals surface area contributed by atoms with Crippen molar-refractivity contribution in [2.75, 3.05) is 56.3 Å². The number of methoxy groups -OCH3 is 1. The van der Waals surface area contributed by atoms with Crippen molar-refractivity contribution in [3.63, 3.8) is 0 Å². The van der Waals surface area contributed by atoms with Crippen LogP contribution in [0.1, 0.15) is 24.2 Å². The van der Waals surface area contributed by atoms with Crippen LogP contribution in [0.4, 0.5) is 15.8 Å². The number of aryl methyl sites for hydroxylation is 1. The Morgan fingerprint density at radius 1 is 1.02 bits per heavy atom. The molecular formula is C33H38FN5O3. The average molecular weight is 572 g/mol. The van der Waals surface area contributed by atoms with Crippen molar-refractivity contribution in [1.82, 2.24) is 14.5 Å². The fourth-order valence-corrected chi connectivity index (χ4v) is 6.03. The van der Waals surface area contributed by atoms with Gasteiger partial charge >= 0.3 is 0 Å². The molecule has 0 N–H and O–H groups in total. The molecule has 0 aliphatic carbocycles. The van der Waals surface area contributed by atoms with Gasteiger partial charge in [-0.2, -0.15) is 0 Å². The average Bonchev–Trinajstić information content (AvgIpc) is 3.35. The van der Waals surface area contributed by atoms with E-state index in [2.05, 4.69) is 22.6 Å². The normalized spacial score (nSPS) is 16.6. The summed E-state index contributed by atoms with van der Waals surface area (Å²) >= 11 is 0. The lowest BCUT2D eigenvalue weighted by Gasteiger charge is -2.34. The van der Waals surface area contributed by atoms with Gasteiger partial charge in [0.05, 0.1) is 50.1 Å². The minimum atomic E-state index is -0.320. The van der Waals surface area contributed by atoms with E-state index in [9.17, 15) is 4.79 Å². The largest absolute Gasteiger partial charge is 0.497 e. The molecule has 1 amide bonds. The summed E-state index contributed by atoms with van der Waals surface area (Å²) in [6, 6.07) is 21.0. The lowest BCUT2D eigenvalue weighted by atomic mass is 9.94. The first-order chi connectivity index (χ1) is 20.5. The summed E-state index contributed by atoms with van der Waals surface area (Å²) in [4.78, 5) is 25.0. The molecule has 0 spiro atoms. The minimum absolute atomic E-state index is 0.0340. The highest BCUT2D eigenvalue weighted by atomic mass is 19.1. The maximum Gasteiger partial charge on any atom is 0.230 e. The number of rotatable bonds is 8. The Morgan fingerprint density at radius 3 is 2.45 bits per heavy atom. The lowest BCUT2D eigenvalue weighted by Crippen LogP contribution is -2.42. The smallest absolute Gasteiger partial charge is 0.230 e. The lowest BCUT2D eigenvalue weighted by molar-refractivity contribution is -0.124. The zero-order valence-corrected chi connectivity index (χ0v) is 24.3. The standard InChI is InChI=1S/C33H38FN5O3/c1-36-31-6-4-3-5-29(31)35-32(36)23-37-15-13-25(14-16-37)33(40)39(22-24-7-10-27(41-2)11-8-24)26-9-12-30(28(34)21-26)38-17-19-42-20-18-38/h3-12,21,25H,13-20,22-23H2,1-2H3. The number of piperidine rings is 1. The van der Waals surface area contributed by atoms with Crippen molar-refractivity contribution in [2.45, 2.75) is 25.9 Å². The second-order valence-corrected chi connectivity index (χ2v) is 11.1. The molecule has 2 saturated heterocycles. The number of halogens is 1. The van der Waals surface area contributed by atoms with Crippen molar-refractivity contribution < 1.29 is 18.7 Å². The molecule has 0 saturated carbocycles. The maximum absolute atomic E-state index is 15.5. The molecule has 0 unspecified atom stereocenters. The maximum atomic E-state index is 15.5. The van der Waals surface area contributed by atoms with E-state index >= 15 is 4.39 Å². The molecule has 3 aromatic carbocycles. The molecule has 4 aromatic rings. The van der Waals surface area contributed by atoms with Gasteiger partial charge in [0.1, 0.15) is 17.4 Å². The summed E-state index contributed by atoms with van der Waals surface area (Å²) in [5, 5.41) is 0. The third kappa shape index (κ3) is 5.98. The Hall–Kier alpha value is -3.95. The second kappa shape index (κ2) is 12.5. The van der Waals surface area contributed by atoms with Gasteiger partial charge in [-0.1, -0.05) is 24.3 Å². The van der Waals surface area contributed by atoms with Crippen molar-refractivity contribution >= 4 is 28.3 Å². The number of fused-ring (bicyclic) bond motifs is 1. The topological polar surface area (TPSA) is 63.1 Å². The number of carbonyl (C=O) groups is 1. The Bertz CT molecular complexity index is 1520. The van der Waals surface area contributed by atoms with Crippen LogP contribution in [-0.2, 0) is 29.7 Å². The van der Waals surface area contributed by atoms with E-state index in [1.54, 1.807) is 18.1 Å². The van der Waals surface area contributed by atoms with E-state index in [0.717, 1.165) is 60.6 Å². The Morgan fingerprint density at radius 2 is 1.76 bits per heavy atom. The molecule has 2 aliphatic rings. The number of amides is 1. The van der Waals surface area contributed by atoms with Gasteiger partial charge in [-0.05, 0) is 74.0 Å². The van der Waals surface area contributed by atoms with Gasteiger partial charge in [-0.25, -0.2) is 9.37 Å². The predicted molar refractivity (Wildman–Crippen MR) is 162 cm³/mol. The molecule has 42 heavy (non-hydrogen) atoms. The number of carbonyl (C=O) groups excluding carboxylic acids is 1. The monoisotopic (exact) mass is 571 g/mol. The van der Waals surface area contributed by atoms with Crippen LogP contribution in [0.2, 0.25) is 0 Å². The van der Waals surface area contributed by atoms with Crippen LogP contribution in [0.3, 0.4) is 0 Å². The Balaban J connectivity index is 1.18. The van der Waals surface area contributed by atoms with Gasteiger partial charge in [0.25, 0.3) is 0 Å². The van der Waals surface area contributed by atoms with Gasteiger partial charge in [0, 0.05) is 31.7 Å². The van der Waals surface area contributed by atoms with Crippen LogP contribution in [0.15, 0.2) is 66.7 Å². The van der Waals surface area contributed by atoms with Crippen molar-refractivity contribution in [1.29, 1.82) is 0 Å². The summed E-state index contributed by atoms with van der Waals surface area (Å²) in [6.07, 6.45) is 1.49. The van der Waals surface area contributed by atoms with Crippen LogP contribution in [0.25, 0.3) is 11.0 Å².